The molecule has 2 aliphatic rings. The Balaban J connectivity index is 1.71. The van der Waals surface area contributed by atoms with Gasteiger partial charge in [-0.05, 0) is 25.8 Å². The molecule has 0 aliphatic carbocycles. The molecule has 3 N–H and O–H groups in total. The lowest BCUT2D eigenvalue weighted by molar-refractivity contribution is -0.126. The fourth-order valence-electron chi connectivity index (χ4n) is 3.07. The van der Waals surface area contributed by atoms with Gasteiger partial charge in [0, 0.05) is 25.7 Å². The van der Waals surface area contributed by atoms with Gasteiger partial charge in [0.2, 0.25) is 5.91 Å². The van der Waals surface area contributed by atoms with Crippen LogP contribution in [0.3, 0.4) is 0 Å². The van der Waals surface area contributed by atoms with E-state index in [1.807, 2.05) is 0 Å². The highest BCUT2D eigenvalue weighted by atomic mass is 16.5. The monoisotopic (exact) mass is 269 g/mol. The van der Waals surface area contributed by atoms with Crippen molar-refractivity contribution in [3.8, 4) is 0 Å². The molecule has 19 heavy (non-hydrogen) atoms. The third-order valence-electron chi connectivity index (χ3n) is 4.26. The Bertz CT molecular complexity index is 298. The first-order valence-electron chi connectivity index (χ1n) is 7.58. The van der Waals surface area contributed by atoms with Crippen molar-refractivity contribution >= 4 is 5.91 Å². The van der Waals surface area contributed by atoms with E-state index in [4.69, 9.17) is 10.5 Å². The van der Waals surface area contributed by atoms with Gasteiger partial charge >= 0.3 is 0 Å². The van der Waals surface area contributed by atoms with Crippen LogP contribution in [0.1, 0.15) is 32.6 Å². The maximum Gasteiger partial charge on any atom is 0.224 e. The van der Waals surface area contributed by atoms with E-state index in [-0.39, 0.29) is 17.9 Å². The molecule has 0 saturated carbocycles. The van der Waals surface area contributed by atoms with Crippen LogP contribution in [-0.2, 0) is 9.53 Å². The van der Waals surface area contributed by atoms with Gasteiger partial charge in [0.1, 0.15) is 0 Å². The molecule has 0 aromatic heterocycles. The summed E-state index contributed by atoms with van der Waals surface area (Å²) in [5, 5.41) is 3.00. The lowest BCUT2D eigenvalue weighted by Crippen LogP contribution is -2.50. The first kappa shape index (κ1) is 14.8. The van der Waals surface area contributed by atoms with Crippen LogP contribution >= 0.6 is 0 Å². The molecule has 0 bridgehead atoms. The van der Waals surface area contributed by atoms with Gasteiger partial charge in [0.05, 0.1) is 18.6 Å². The molecule has 1 amide bonds. The van der Waals surface area contributed by atoms with E-state index in [2.05, 4.69) is 17.1 Å². The normalized spacial score (nSPS) is 28.9. The minimum Gasteiger partial charge on any atom is -0.373 e. The molecule has 0 aromatic carbocycles. The third-order valence-corrected chi connectivity index (χ3v) is 4.26. The summed E-state index contributed by atoms with van der Waals surface area (Å²) >= 11 is 0. The fourth-order valence-corrected chi connectivity index (χ4v) is 3.07. The first-order valence-corrected chi connectivity index (χ1v) is 7.58. The summed E-state index contributed by atoms with van der Waals surface area (Å²) in [7, 11) is 0. The molecule has 2 aliphatic heterocycles. The second-order valence-corrected chi connectivity index (χ2v) is 5.71. The topological polar surface area (TPSA) is 67.6 Å². The molecule has 5 heteroatoms. The highest BCUT2D eigenvalue weighted by Gasteiger charge is 2.32. The minimum absolute atomic E-state index is 0.0480. The van der Waals surface area contributed by atoms with Crippen molar-refractivity contribution < 1.29 is 9.53 Å². The standard InChI is InChI=1S/C14H27N3O2/c1-2-4-11(7-15)14(18)16-8-13-9-17-6-3-5-12(17)10-19-13/h11-13H,2-10,15H2,1H3,(H,16,18). The number of carbonyl (C=O) groups is 1. The summed E-state index contributed by atoms with van der Waals surface area (Å²) in [4.78, 5) is 14.5. The van der Waals surface area contributed by atoms with Gasteiger partial charge in [-0.3, -0.25) is 9.69 Å². The SMILES string of the molecule is CCCC(CN)C(=O)NCC1CN2CCCC2CO1. The Morgan fingerprint density at radius 3 is 3.16 bits per heavy atom. The zero-order valence-corrected chi connectivity index (χ0v) is 11.9. The van der Waals surface area contributed by atoms with Crippen LogP contribution in [0.15, 0.2) is 0 Å². The van der Waals surface area contributed by atoms with E-state index in [1.165, 1.54) is 19.4 Å². The summed E-state index contributed by atoms with van der Waals surface area (Å²) in [6.45, 7) is 6.07. The Morgan fingerprint density at radius 1 is 1.58 bits per heavy atom. The maximum atomic E-state index is 12.0. The number of hydrogen-bond acceptors (Lipinski definition) is 4. The van der Waals surface area contributed by atoms with Crippen molar-refractivity contribution in [1.82, 2.24) is 10.2 Å². The molecule has 0 aromatic rings. The van der Waals surface area contributed by atoms with Crippen LogP contribution in [-0.4, -0.2) is 55.7 Å². The number of rotatable bonds is 6. The van der Waals surface area contributed by atoms with Crippen LogP contribution in [0.25, 0.3) is 0 Å². The molecular weight excluding hydrogens is 242 g/mol. The Kier molecular flexibility index (Phi) is 5.60. The highest BCUT2D eigenvalue weighted by molar-refractivity contribution is 5.78. The molecule has 0 spiro atoms. The second kappa shape index (κ2) is 7.22. The van der Waals surface area contributed by atoms with Crippen molar-refractivity contribution in [3.63, 3.8) is 0 Å². The van der Waals surface area contributed by atoms with Crippen molar-refractivity contribution in [2.45, 2.75) is 44.8 Å². The Hall–Kier alpha value is -0.650. The van der Waals surface area contributed by atoms with Gasteiger partial charge in [-0.2, -0.15) is 0 Å². The molecule has 3 atom stereocenters. The first-order chi connectivity index (χ1) is 9.24. The number of hydrogen-bond donors (Lipinski definition) is 2. The van der Waals surface area contributed by atoms with E-state index in [9.17, 15) is 4.79 Å². The van der Waals surface area contributed by atoms with Gasteiger partial charge in [0.15, 0.2) is 0 Å². The van der Waals surface area contributed by atoms with E-state index < -0.39 is 0 Å². The fraction of sp³-hybridized carbons (Fsp3) is 0.929. The van der Waals surface area contributed by atoms with Crippen molar-refractivity contribution in [2.24, 2.45) is 11.7 Å². The van der Waals surface area contributed by atoms with E-state index in [0.29, 0.717) is 19.1 Å². The summed E-state index contributed by atoms with van der Waals surface area (Å²) in [5.74, 6) is 0.0321. The smallest absolute Gasteiger partial charge is 0.224 e. The molecule has 2 heterocycles. The zero-order chi connectivity index (χ0) is 13.7. The lowest BCUT2D eigenvalue weighted by atomic mass is 10.0. The molecule has 0 radical (unpaired) electrons. The van der Waals surface area contributed by atoms with Crippen LogP contribution < -0.4 is 11.1 Å². The van der Waals surface area contributed by atoms with E-state index in [0.717, 1.165) is 26.0 Å². The second-order valence-electron chi connectivity index (χ2n) is 5.71. The number of fused-ring (bicyclic) bond motifs is 1. The zero-order valence-electron chi connectivity index (χ0n) is 11.9. The quantitative estimate of drug-likeness (QED) is 0.730. The predicted molar refractivity (Wildman–Crippen MR) is 74.8 cm³/mol. The number of carbonyl (C=O) groups excluding carboxylic acids is 1. The molecule has 3 unspecified atom stereocenters. The average Bonchev–Trinajstić information content (AvgIpc) is 2.89. The van der Waals surface area contributed by atoms with Gasteiger partial charge in [-0.25, -0.2) is 0 Å². The van der Waals surface area contributed by atoms with Crippen molar-refractivity contribution in [3.05, 3.63) is 0 Å². The number of nitrogens with zero attached hydrogens (tertiary/aromatic N) is 1. The van der Waals surface area contributed by atoms with Crippen LogP contribution in [0.4, 0.5) is 0 Å². The third kappa shape index (κ3) is 3.91. The van der Waals surface area contributed by atoms with Crippen molar-refractivity contribution in [1.29, 1.82) is 0 Å². The molecule has 110 valence electrons. The maximum absolute atomic E-state index is 12.0. The van der Waals surface area contributed by atoms with Gasteiger partial charge in [0.25, 0.3) is 0 Å². The number of nitrogens with one attached hydrogen (secondary N) is 1. The minimum atomic E-state index is -0.0480. The molecule has 2 fully saturated rings. The van der Waals surface area contributed by atoms with Gasteiger partial charge in [-0.15, -0.1) is 0 Å². The lowest BCUT2D eigenvalue weighted by Gasteiger charge is -2.35. The molecule has 2 saturated heterocycles. The number of nitrogens with two attached hydrogens (primary N) is 1. The highest BCUT2D eigenvalue weighted by Crippen LogP contribution is 2.22. The number of ether oxygens (including phenoxy) is 1. The van der Waals surface area contributed by atoms with Crippen LogP contribution in [0.5, 0.6) is 0 Å². The Morgan fingerprint density at radius 2 is 2.42 bits per heavy atom. The summed E-state index contributed by atoms with van der Waals surface area (Å²) < 4.78 is 5.83. The molecular formula is C14H27N3O2. The van der Waals surface area contributed by atoms with Gasteiger partial charge in [-0.1, -0.05) is 13.3 Å². The average molecular weight is 269 g/mol. The van der Waals surface area contributed by atoms with Crippen molar-refractivity contribution in [2.75, 3.05) is 32.8 Å². The van der Waals surface area contributed by atoms with E-state index in [1.54, 1.807) is 0 Å². The summed E-state index contributed by atoms with van der Waals surface area (Å²) in [6, 6.07) is 0.615. The van der Waals surface area contributed by atoms with Crippen LogP contribution in [0.2, 0.25) is 0 Å². The number of amides is 1. The Labute approximate surface area is 115 Å². The molecule has 5 nitrogen and oxygen atoms in total. The summed E-state index contributed by atoms with van der Waals surface area (Å²) in [5.41, 5.74) is 5.64. The largest absolute Gasteiger partial charge is 0.373 e. The predicted octanol–water partition coefficient (Wildman–Crippen LogP) is 0.341. The van der Waals surface area contributed by atoms with Crippen LogP contribution in [0, 0.1) is 5.92 Å². The van der Waals surface area contributed by atoms with E-state index >= 15 is 0 Å². The summed E-state index contributed by atoms with van der Waals surface area (Å²) in [6.07, 6.45) is 4.52. The molecule has 2 rings (SSSR count). The number of morpholine rings is 1. The van der Waals surface area contributed by atoms with Gasteiger partial charge < -0.3 is 15.8 Å².